The summed E-state index contributed by atoms with van der Waals surface area (Å²) in [5.41, 5.74) is 2.00. The summed E-state index contributed by atoms with van der Waals surface area (Å²) < 4.78 is 12.8. The van der Waals surface area contributed by atoms with Gasteiger partial charge in [0, 0.05) is 31.9 Å². The minimum Gasteiger partial charge on any atom is -0.375 e. The molecule has 0 spiro atoms. The average molecular weight is 326 g/mol. The van der Waals surface area contributed by atoms with Gasteiger partial charge < -0.3 is 10.2 Å². The molecule has 0 radical (unpaired) electrons. The van der Waals surface area contributed by atoms with E-state index in [0.717, 1.165) is 24.9 Å². The number of carbonyl (C=O) groups is 1. The van der Waals surface area contributed by atoms with Crippen LogP contribution in [0.1, 0.15) is 18.4 Å². The van der Waals surface area contributed by atoms with E-state index in [0.29, 0.717) is 6.54 Å². The van der Waals surface area contributed by atoms with Crippen molar-refractivity contribution in [2.45, 2.75) is 12.8 Å². The first-order chi connectivity index (χ1) is 11.6. The number of unbranched alkanes of at least 4 members (excludes halogenated alkanes) is 1. The molecule has 0 aliphatic carbocycles. The normalized spacial score (nSPS) is 10.8. The second-order valence-corrected chi connectivity index (χ2v) is 5.64. The number of amides is 1. The second kappa shape index (κ2) is 9.50. The highest BCUT2D eigenvalue weighted by Crippen LogP contribution is 2.11. The number of nitrogens with one attached hydrogen (secondary N) is 1. The fourth-order valence-electron chi connectivity index (χ4n) is 2.30. The standard InChI is InChI=1S/C20H23FN2O/c1-23(19-7-3-2-4-8-19)16-6-5-15-22-20(24)14-11-17-9-12-18(21)13-10-17/h2-4,7-14H,5-6,15-16H2,1H3,(H,22,24)/b14-11+. The number of benzene rings is 2. The summed E-state index contributed by atoms with van der Waals surface area (Å²) in [4.78, 5) is 13.9. The molecule has 0 aliphatic heterocycles. The lowest BCUT2D eigenvalue weighted by molar-refractivity contribution is -0.116. The Morgan fingerprint density at radius 1 is 1.08 bits per heavy atom. The number of carbonyl (C=O) groups excluding carboxylic acids is 1. The molecule has 126 valence electrons. The topological polar surface area (TPSA) is 32.3 Å². The SMILES string of the molecule is CN(CCCCNC(=O)/C=C/c1ccc(F)cc1)c1ccccc1. The molecule has 0 bridgehead atoms. The zero-order chi connectivity index (χ0) is 17.2. The summed E-state index contributed by atoms with van der Waals surface area (Å²) in [6.07, 6.45) is 5.09. The molecule has 2 aromatic carbocycles. The molecule has 0 fully saturated rings. The molecular formula is C20H23FN2O. The van der Waals surface area contributed by atoms with E-state index in [1.807, 2.05) is 18.2 Å². The summed E-state index contributed by atoms with van der Waals surface area (Å²) >= 11 is 0. The van der Waals surface area contributed by atoms with E-state index in [4.69, 9.17) is 0 Å². The number of halogens is 1. The molecular weight excluding hydrogens is 303 g/mol. The van der Waals surface area contributed by atoms with Crippen molar-refractivity contribution in [1.29, 1.82) is 0 Å². The van der Waals surface area contributed by atoms with Crippen LogP contribution in [0.5, 0.6) is 0 Å². The molecule has 0 aromatic heterocycles. The van der Waals surface area contributed by atoms with Gasteiger partial charge in [-0.2, -0.15) is 0 Å². The average Bonchev–Trinajstić information content (AvgIpc) is 2.61. The first-order valence-electron chi connectivity index (χ1n) is 8.13. The third-order valence-corrected chi connectivity index (χ3v) is 3.71. The quantitative estimate of drug-likeness (QED) is 0.590. The maximum atomic E-state index is 12.8. The van der Waals surface area contributed by atoms with Crippen LogP contribution in [0.15, 0.2) is 60.7 Å². The van der Waals surface area contributed by atoms with Crippen molar-refractivity contribution < 1.29 is 9.18 Å². The second-order valence-electron chi connectivity index (χ2n) is 5.64. The van der Waals surface area contributed by atoms with Crippen LogP contribution in [0.3, 0.4) is 0 Å². The van der Waals surface area contributed by atoms with Gasteiger partial charge >= 0.3 is 0 Å². The van der Waals surface area contributed by atoms with Gasteiger partial charge in [-0.1, -0.05) is 30.3 Å². The van der Waals surface area contributed by atoms with E-state index >= 15 is 0 Å². The molecule has 0 atom stereocenters. The van der Waals surface area contributed by atoms with Gasteiger partial charge in [0.15, 0.2) is 0 Å². The molecule has 0 saturated heterocycles. The van der Waals surface area contributed by atoms with Gasteiger partial charge in [0.1, 0.15) is 5.82 Å². The lowest BCUT2D eigenvalue weighted by Gasteiger charge is -2.18. The first-order valence-corrected chi connectivity index (χ1v) is 8.13. The zero-order valence-corrected chi connectivity index (χ0v) is 13.9. The van der Waals surface area contributed by atoms with Gasteiger partial charge in [-0.3, -0.25) is 4.79 Å². The first kappa shape index (κ1) is 17.7. The molecule has 3 nitrogen and oxygen atoms in total. The number of hydrogen-bond acceptors (Lipinski definition) is 2. The number of para-hydroxylation sites is 1. The van der Waals surface area contributed by atoms with Gasteiger partial charge in [0.05, 0.1) is 0 Å². The molecule has 0 unspecified atom stereocenters. The molecule has 4 heteroatoms. The van der Waals surface area contributed by atoms with Crippen LogP contribution in [0.2, 0.25) is 0 Å². The van der Waals surface area contributed by atoms with Crippen molar-refractivity contribution in [1.82, 2.24) is 5.32 Å². The highest BCUT2D eigenvalue weighted by Gasteiger charge is 2.00. The zero-order valence-electron chi connectivity index (χ0n) is 13.9. The Hall–Kier alpha value is -2.62. The molecule has 2 rings (SSSR count). The molecule has 0 heterocycles. The maximum Gasteiger partial charge on any atom is 0.243 e. The van der Waals surface area contributed by atoms with Gasteiger partial charge in [0.25, 0.3) is 0 Å². The lowest BCUT2D eigenvalue weighted by Crippen LogP contribution is -2.24. The summed E-state index contributed by atoms with van der Waals surface area (Å²) in [5, 5.41) is 2.86. The molecule has 0 aliphatic rings. The Morgan fingerprint density at radius 2 is 1.79 bits per heavy atom. The Balaban J connectivity index is 1.61. The van der Waals surface area contributed by atoms with Crippen molar-refractivity contribution in [2.75, 3.05) is 25.0 Å². The summed E-state index contributed by atoms with van der Waals surface area (Å²) in [6.45, 7) is 1.60. The van der Waals surface area contributed by atoms with E-state index in [2.05, 4.69) is 29.4 Å². The summed E-state index contributed by atoms with van der Waals surface area (Å²) in [5.74, 6) is -0.409. The van der Waals surface area contributed by atoms with E-state index in [-0.39, 0.29) is 11.7 Å². The fourth-order valence-corrected chi connectivity index (χ4v) is 2.30. The van der Waals surface area contributed by atoms with Crippen LogP contribution in [-0.2, 0) is 4.79 Å². The molecule has 0 saturated carbocycles. The lowest BCUT2D eigenvalue weighted by atomic mass is 10.2. The van der Waals surface area contributed by atoms with Crippen LogP contribution in [-0.4, -0.2) is 26.0 Å². The van der Waals surface area contributed by atoms with E-state index in [9.17, 15) is 9.18 Å². The molecule has 1 N–H and O–H groups in total. The Labute approximate surface area is 142 Å². The minimum atomic E-state index is -0.280. The Bertz CT molecular complexity index is 653. The predicted molar refractivity (Wildman–Crippen MR) is 97.4 cm³/mol. The van der Waals surface area contributed by atoms with E-state index in [1.165, 1.54) is 23.9 Å². The monoisotopic (exact) mass is 326 g/mol. The van der Waals surface area contributed by atoms with Crippen molar-refractivity contribution >= 4 is 17.7 Å². The number of hydrogen-bond donors (Lipinski definition) is 1. The molecule has 2 aromatic rings. The van der Waals surface area contributed by atoms with Crippen molar-refractivity contribution in [3.05, 3.63) is 72.1 Å². The van der Waals surface area contributed by atoms with Gasteiger partial charge in [-0.05, 0) is 48.7 Å². The molecule has 24 heavy (non-hydrogen) atoms. The van der Waals surface area contributed by atoms with Crippen molar-refractivity contribution in [2.24, 2.45) is 0 Å². The van der Waals surface area contributed by atoms with Crippen LogP contribution < -0.4 is 10.2 Å². The fraction of sp³-hybridized carbons (Fsp3) is 0.250. The molecule has 1 amide bonds. The number of anilines is 1. The van der Waals surface area contributed by atoms with Crippen LogP contribution in [0.4, 0.5) is 10.1 Å². The Kier molecular flexibility index (Phi) is 7.02. The van der Waals surface area contributed by atoms with Crippen LogP contribution in [0, 0.1) is 5.82 Å². The summed E-state index contributed by atoms with van der Waals surface area (Å²) in [7, 11) is 2.07. The number of nitrogens with zero attached hydrogens (tertiary/aromatic N) is 1. The van der Waals surface area contributed by atoms with Crippen LogP contribution >= 0.6 is 0 Å². The van der Waals surface area contributed by atoms with E-state index in [1.54, 1.807) is 18.2 Å². The highest BCUT2D eigenvalue weighted by atomic mass is 19.1. The van der Waals surface area contributed by atoms with E-state index < -0.39 is 0 Å². The summed E-state index contributed by atoms with van der Waals surface area (Å²) in [6, 6.07) is 16.3. The predicted octanol–water partition coefficient (Wildman–Crippen LogP) is 3.87. The largest absolute Gasteiger partial charge is 0.375 e. The van der Waals surface area contributed by atoms with Gasteiger partial charge in [-0.15, -0.1) is 0 Å². The van der Waals surface area contributed by atoms with Gasteiger partial charge in [-0.25, -0.2) is 4.39 Å². The third-order valence-electron chi connectivity index (χ3n) is 3.71. The highest BCUT2D eigenvalue weighted by molar-refractivity contribution is 5.91. The third kappa shape index (κ3) is 6.24. The number of rotatable bonds is 8. The Morgan fingerprint density at radius 3 is 2.50 bits per heavy atom. The smallest absolute Gasteiger partial charge is 0.243 e. The van der Waals surface area contributed by atoms with Crippen molar-refractivity contribution in [3.63, 3.8) is 0 Å². The van der Waals surface area contributed by atoms with Gasteiger partial charge in [0.2, 0.25) is 5.91 Å². The minimum absolute atomic E-state index is 0.129. The maximum absolute atomic E-state index is 12.8. The van der Waals surface area contributed by atoms with Crippen LogP contribution in [0.25, 0.3) is 6.08 Å². The van der Waals surface area contributed by atoms with Crippen molar-refractivity contribution in [3.8, 4) is 0 Å².